The molecule has 1 nitrogen and oxygen atoms in total. The van der Waals surface area contributed by atoms with Gasteiger partial charge in [0.2, 0.25) is 0 Å². The smallest absolute Gasteiger partial charge is 0.310 e. The molecule has 0 heterocycles. The zero-order valence-electron chi connectivity index (χ0n) is 7.22. The first-order valence-corrected chi connectivity index (χ1v) is 3.85. The van der Waals surface area contributed by atoms with Gasteiger partial charge in [-0.25, -0.2) is 6.57 Å². The molecule has 1 rings (SSSR count). The van der Waals surface area contributed by atoms with Crippen LogP contribution in [0.3, 0.4) is 0 Å². The Morgan fingerprint density at radius 2 is 2.00 bits per heavy atom. The summed E-state index contributed by atoms with van der Waals surface area (Å²) in [6.07, 6.45) is 0. The lowest BCUT2D eigenvalue weighted by molar-refractivity contribution is 0.0135. The van der Waals surface area contributed by atoms with Gasteiger partial charge < -0.3 is 4.85 Å². The van der Waals surface area contributed by atoms with Gasteiger partial charge in [0.1, 0.15) is 0 Å². The molecule has 0 bridgehead atoms. The number of aryl methyl sites for hydroxylation is 1. The first-order valence-electron chi connectivity index (χ1n) is 3.85. The van der Waals surface area contributed by atoms with E-state index in [-0.39, 0.29) is 5.56 Å². The highest BCUT2D eigenvalue weighted by molar-refractivity contribution is 5.30. The normalized spacial score (nSPS) is 10.9. The van der Waals surface area contributed by atoms with Crippen LogP contribution >= 0.6 is 0 Å². The van der Waals surface area contributed by atoms with Crippen molar-refractivity contribution in [2.45, 2.75) is 12.8 Å². The minimum Gasteiger partial charge on any atom is -0.310 e. The summed E-state index contributed by atoms with van der Waals surface area (Å²) >= 11 is 0. The fraction of sp³-hybridized carbons (Fsp3) is 0.300. The molecular formula is C10H9F2N. The lowest BCUT2D eigenvalue weighted by Gasteiger charge is -2.12. The zero-order valence-corrected chi connectivity index (χ0v) is 7.22. The molecule has 0 amide bonds. The van der Waals surface area contributed by atoms with Crippen molar-refractivity contribution in [3.8, 4) is 0 Å². The first kappa shape index (κ1) is 9.66. The highest BCUT2D eigenvalue weighted by Gasteiger charge is 2.36. The van der Waals surface area contributed by atoms with E-state index in [9.17, 15) is 8.78 Å². The summed E-state index contributed by atoms with van der Waals surface area (Å²) in [5, 5.41) is 0. The maximum Gasteiger partial charge on any atom is 0.343 e. The Morgan fingerprint density at radius 1 is 1.38 bits per heavy atom. The molecule has 0 N–H and O–H groups in total. The van der Waals surface area contributed by atoms with Crippen LogP contribution in [0.25, 0.3) is 4.85 Å². The van der Waals surface area contributed by atoms with Crippen molar-refractivity contribution < 1.29 is 8.78 Å². The molecule has 68 valence electrons. The molecule has 0 spiro atoms. The molecule has 3 heteroatoms. The van der Waals surface area contributed by atoms with Crippen molar-refractivity contribution in [1.82, 2.24) is 0 Å². The van der Waals surface area contributed by atoms with Gasteiger partial charge in [-0.2, -0.15) is 8.78 Å². The number of hydrogen-bond donors (Lipinski definition) is 0. The molecule has 0 aliphatic heterocycles. The van der Waals surface area contributed by atoms with Crippen molar-refractivity contribution in [1.29, 1.82) is 0 Å². The molecular weight excluding hydrogens is 172 g/mol. The molecule has 0 aliphatic carbocycles. The molecule has 0 saturated heterocycles. The van der Waals surface area contributed by atoms with Crippen LogP contribution in [-0.4, -0.2) is 6.54 Å². The number of alkyl halides is 2. The Bertz CT molecular complexity index is 339. The fourth-order valence-electron chi connectivity index (χ4n) is 1.17. The highest BCUT2D eigenvalue weighted by atomic mass is 19.3. The largest absolute Gasteiger partial charge is 0.343 e. The van der Waals surface area contributed by atoms with Gasteiger partial charge >= 0.3 is 5.92 Å². The van der Waals surface area contributed by atoms with Crippen molar-refractivity contribution in [2.75, 3.05) is 6.54 Å². The van der Waals surface area contributed by atoms with Crippen LogP contribution in [0.4, 0.5) is 8.78 Å². The molecule has 13 heavy (non-hydrogen) atoms. The van der Waals surface area contributed by atoms with Crippen LogP contribution in [0.15, 0.2) is 24.3 Å². The number of hydrogen-bond acceptors (Lipinski definition) is 0. The van der Waals surface area contributed by atoms with Gasteiger partial charge in [0.15, 0.2) is 0 Å². The SMILES string of the molecule is [C-]#[N+]CC(F)(F)c1ccccc1C. The molecule has 0 fully saturated rings. The average Bonchev–Trinajstić information content (AvgIpc) is 2.04. The predicted octanol–water partition coefficient (Wildman–Crippen LogP) is 3.01. The summed E-state index contributed by atoms with van der Waals surface area (Å²) in [7, 11) is 0. The van der Waals surface area contributed by atoms with Crippen molar-refractivity contribution in [3.05, 3.63) is 46.8 Å². The minimum absolute atomic E-state index is 0.0500. The van der Waals surface area contributed by atoms with Gasteiger partial charge in [-0.3, -0.25) is 0 Å². The maximum absolute atomic E-state index is 13.2. The third-order valence-corrected chi connectivity index (χ3v) is 1.82. The van der Waals surface area contributed by atoms with E-state index in [1.165, 1.54) is 6.07 Å². The van der Waals surface area contributed by atoms with Gasteiger partial charge in [0.05, 0.1) is 0 Å². The topological polar surface area (TPSA) is 4.36 Å². The van der Waals surface area contributed by atoms with E-state index in [2.05, 4.69) is 4.85 Å². The van der Waals surface area contributed by atoms with E-state index >= 15 is 0 Å². The van der Waals surface area contributed by atoms with E-state index in [1.807, 2.05) is 0 Å². The van der Waals surface area contributed by atoms with Crippen molar-refractivity contribution in [3.63, 3.8) is 0 Å². The number of nitrogens with zero attached hydrogens (tertiary/aromatic N) is 1. The van der Waals surface area contributed by atoms with Gasteiger partial charge in [-0.05, 0) is 12.5 Å². The molecule has 0 unspecified atom stereocenters. The second-order valence-corrected chi connectivity index (χ2v) is 2.84. The average molecular weight is 181 g/mol. The third-order valence-electron chi connectivity index (χ3n) is 1.82. The number of halogens is 2. The van der Waals surface area contributed by atoms with Crippen molar-refractivity contribution >= 4 is 0 Å². The lowest BCUT2D eigenvalue weighted by atomic mass is 10.0. The Balaban J connectivity index is 3.08. The second kappa shape index (κ2) is 3.53. The summed E-state index contributed by atoms with van der Waals surface area (Å²) in [6.45, 7) is 7.26. The Morgan fingerprint density at radius 3 is 2.54 bits per heavy atom. The summed E-state index contributed by atoms with van der Waals surface area (Å²) in [4.78, 5) is 2.72. The lowest BCUT2D eigenvalue weighted by Crippen LogP contribution is -2.17. The molecule has 0 radical (unpaired) electrons. The minimum atomic E-state index is -3.02. The Kier molecular flexibility index (Phi) is 2.62. The van der Waals surface area contributed by atoms with E-state index < -0.39 is 12.5 Å². The number of benzene rings is 1. The monoisotopic (exact) mass is 181 g/mol. The summed E-state index contributed by atoms with van der Waals surface area (Å²) in [6, 6.07) is 6.24. The van der Waals surface area contributed by atoms with Gasteiger partial charge in [-0.15, -0.1) is 0 Å². The summed E-state index contributed by atoms with van der Waals surface area (Å²) < 4.78 is 26.4. The molecule has 0 saturated carbocycles. The van der Waals surface area contributed by atoms with E-state index in [0.717, 1.165) is 0 Å². The molecule has 1 aromatic carbocycles. The molecule has 0 atom stereocenters. The first-order chi connectivity index (χ1) is 6.08. The third kappa shape index (κ3) is 2.03. The quantitative estimate of drug-likeness (QED) is 0.618. The maximum atomic E-state index is 13.2. The molecule has 0 aromatic heterocycles. The van der Waals surface area contributed by atoms with Gasteiger partial charge in [0, 0.05) is 5.56 Å². The van der Waals surface area contributed by atoms with Crippen LogP contribution in [-0.2, 0) is 5.92 Å². The Labute approximate surface area is 75.8 Å². The van der Waals surface area contributed by atoms with E-state index in [1.54, 1.807) is 25.1 Å². The Hall–Kier alpha value is -1.43. The van der Waals surface area contributed by atoms with E-state index in [0.29, 0.717) is 5.56 Å². The van der Waals surface area contributed by atoms with Crippen LogP contribution in [0, 0.1) is 13.5 Å². The fourth-order valence-corrected chi connectivity index (χ4v) is 1.17. The molecule has 0 aliphatic rings. The summed E-state index contributed by atoms with van der Waals surface area (Å²) in [5.41, 5.74) is 0.474. The molecule has 1 aromatic rings. The van der Waals surface area contributed by atoms with Gasteiger partial charge in [0.25, 0.3) is 6.54 Å². The second-order valence-electron chi connectivity index (χ2n) is 2.84. The van der Waals surface area contributed by atoms with Gasteiger partial charge in [-0.1, -0.05) is 24.3 Å². The van der Waals surface area contributed by atoms with Crippen LogP contribution < -0.4 is 0 Å². The predicted molar refractivity (Wildman–Crippen MR) is 46.5 cm³/mol. The zero-order chi connectivity index (χ0) is 9.90. The summed E-state index contributed by atoms with van der Waals surface area (Å²) in [5.74, 6) is -3.02. The highest BCUT2D eigenvalue weighted by Crippen LogP contribution is 2.30. The van der Waals surface area contributed by atoms with Crippen molar-refractivity contribution in [2.24, 2.45) is 0 Å². The van der Waals surface area contributed by atoms with E-state index in [4.69, 9.17) is 6.57 Å². The number of rotatable bonds is 2. The van der Waals surface area contributed by atoms with Crippen LogP contribution in [0.2, 0.25) is 0 Å². The van der Waals surface area contributed by atoms with Crippen LogP contribution in [0.5, 0.6) is 0 Å². The van der Waals surface area contributed by atoms with Crippen LogP contribution in [0.1, 0.15) is 11.1 Å². The standard InChI is InChI=1S/C10H9F2N/c1-8-5-3-4-6-9(8)10(11,12)7-13-2/h3-6H,7H2,1H3.